The van der Waals surface area contributed by atoms with Crippen molar-refractivity contribution in [3.8, 4) is 0 Å². The number of nitrogens with zero attached hydrogens (tertiary/aromatic N) is 1. The van der Waals surface area contributed by atoms with Crippen LogP contribution in [0.25, 0.3) is 0 Å². The Morgan fingerprint density at radius 2 is 1.79 bits per heavy atom. The maximum absolute atomic E-state index is 11.4. The van der Waals surface area contributed by atoms with E-state index >= 15 is 0 Å². The molecule has 1 aromatic rings. The van der Waals surface area contributed by atoms with Gasteiger partial charge in [0, 0.05) is 31.9 Å². The van der Waals surface area contributed by atoms with Gasteiger partial charge in [0.05, 0.1) is 4.90 Å². The predicted molar refractivity (Wildman–Crippen MR) is 79.0 cm³/mol. The van der Waals surface area contributed by atoms with Crippen molar-refractivity contribution in [1.29, 1.82) is 0 Å². The maximum Gasteiger partial charge on any atom is 0.175 e. The van der Waals surface area contributed by atoms with Crippen LogP contribution < -0.4 is 5.32 Å². The van der Waals surface area contributed by atoms with Crippen LogP contribution in [-0.2, 0) is 16.4 Å². The molecule has 0 spiro atoms. The molecule has 0 aliphatic rings. The van der Waals surface area contributed by atoms with E-state index < -0.39 is 9.84 Å². The SMILES string of the molecule is CC(C)NCCN(C)Cc1ccc(S(C)(=O)=O)cc1. The van der Waals surface area contributed by atoms with Gasteiger partial charge in [0.2, 0.25) is 0 Å². The molecule has 0 heterocycles. The van der Waals surface area contributed by atoms with Crippen molar-refractivity contribution in [2.24, 2.45) is 0 Å². The Morgan fingerprint density at radius 3 is 2.26 bits per heavy atom. The van der Waals surface area contributed by atoms with Gasteiger partial charge in [-0.3, -0.25) is 0 Å². The minimum absolute atomic E-state index is 0.375. The highest BCUT2D eigenvalue weighted by atomic mass is 32.2. The van der Waals surface area contributed by atoms with Crippen LogP contribution in [0.2, 0.25) is 0 Å². The molecule has 0 aliphatic heterocycles. The third kappa shape index (κ3) is 6.18. The minimum atomic E-state index is -3.10. The minimum Gasteiger partial charge on any atom is -0.313 e. The monoisotopic (exact) mass is 284 g/mol. The molecule has 0 fully saturated rings. The van der Waals surface area contributed by atoms with Gasteiger partial charge in [-0.05, 0) is 24.7 Å². The van der Waals surface area contributed by atoms with Gasteiger partial charge in [0.15, 0.2) is 9.84 Å². The molecule has 0 unspecified atom stereocenters. The Morgan fingerprint density at radius 1 is 1.21 bits per heavy atom. The lowest BCUT2D eigenvalue weighted by molar-refractivity contribution is 0.320. The standard InChI is InChI=1S/C14H24N2O2S/c1-12(2)15-9-10-16(3)11-13-5-7-14(8-6-13)19(4,17)18/h5-8,12,15H,9-11H2,1-4H3. The molecule has 0 bridgehead atoms. The van der Waals surface area contributed by atoms with Crippen molar-refractivity contribution in [2.45, 2.75) is 31.3 Å². The number of sulfone groups is 1. The van der Waals surface area contributed by atoms with Crippen LogP contribution in [-0.4, -0.2) is 45.8 Å². The summed E-state index contributed by atoms with van der Waals surface area (Å²) < 4.78 is 22.7. The molecule has 108 valence electrons. The van der Waals surface area contributed by atoms with Crippen LogP contribution in [0.1, 0.15) is 19.4 Å². The summed E-state index contributed by atoms with van der Waals surface area (Å²) in [7, 11) is -1.03. The summed E-state index contributed by atoms with van der Waals surface area (Å²) in [5.74, 6) is 0. The van der Waals surface area contributed by atoms with Crippen molar-refractivity contribution < 1.29 is 8.42 Å². The molecule has 4 nitrogen and oxygen atoms in total. The number of nitrogens with one attached hydrogen (secondary N) is 1. The second-order valence-corrected chi connectivity index (χ2v) is 7.28. The van der Waals surface area contributed by atoms with Crippen molar-refractivity contribution in [2.75, 3.05) is 26.4 Å². The first-order chi connectivity index (χ1) is 8.79. The molecule has 1 aromatic carbocycles. The van der Waals surface area contributed by atoms with Crippen LogP contribution >= 0.6 is 0 Å². The fraction of sp³-hybridized carbons (Fsp3) is 0.571. The molecule has 0 saturated heterocycles. The highest BCUT2D eigenvalue weighted by Gasteiger charge is 2.07. The zero-order valence-electron chi connectivity index (χ0n) is 12.2. The largest absolute Gasteiger partial charge is 0.313 e. The number of rotatable bonds is 7. The van der Waals surface area contributed by atoms with Crippen LogP contribution in [0.4, 0.5) is 0 Å². The Balaban J connectivity index is 2.49. The molecule has 0 saturated carbocycles. The lowest BCUT2D eigenvalue weighted by Gasteiger charge is -2.18. The highest BCUT2D eigenvalue weighted by molar-refractivity contribution is 7.90. The summed E-state index contributed by atoms with van der Waals surface area (Å²) in [6.07, 6.45) is 1.23. The van der Waals surface area contributed by atoms with Crippen molar-refractivity contribution in [3.05, 3.63) is 29.8 Å². The summed E-state index contributed by atoms with van der Waals surface area (Å²) in [5.41, 5.74) is 1.12. The molecule has 5 heteroatoms. The number of hydrogen-bond acceptors (Lipinski definition) is 4. The summed E-state index contributed by atoms with van der Waals surface area (Å²) in [6, 6.07) is 7.60. The van der Waals surface area contributed by atoms with Crippen molar-refractivity contribution in [1.82, 2.24) is 10.2 Å². The van der Waals surface area contributed by atoms with E-state index in [1.54, 1.807) is 12.1 Å². The number of likely N-dealkylation sites (N-methyl/N-ethyl adjacent to an activating group) is 1. The van der Waals surface area contributed by atoms with Gasteiger partial charge in [0.25, 0.3) is 0 Å². The van der Waals surface area contributed by atoms with Gasteiger partial charge in [-0.2, -0.15) is 0 Å². The molecule has 1 N–H and O–H groups in total. The van der Waals surface area contributed by atoms with Gasteiger partial charge in [-0.15, -0.1) is 0 Å². The smallest absolute Gasteiger partial charge is 0.175 e. The highest BCUT2D eigenvalue weighted by Crippen LogP contribution is 2.11. The molecule has 0 radical (unpaired) electrons. The fourth-order valence-electron chi connectivity index (χ4n) is 1.78. The summed E-state index contributed by atoms with van der Waals surface area (Å²) in [6.45, 7) is 7.00. The van der Waals surface area contributed by atoms with E-state index in [1.165, 1.54) is 6.26 Å². The molecule has 1 rings (SSSR count). The summed E-state index contributed by atoms with van der Waals surface area (Å²) in [4.78, 5) is 2.59. The van der Waals surface area contributed by atoms with Crippen LogP contribution in [0.3, 0.4) is 0 Å². The lowest BCUT2D eigenvalue weighted by Crippen LogP contribution is -2.32. The Hall–Kier alpha value is -0.910. The zero-order valence-corrected chi connectivity index (χ0v) is 13.0. The molecular weight excluding hydrogens is 260 g/mol. The quantitative estimate of drug-likeness (QED) is 0.825. The van der Waals surface area contributed by atoms with Gasteiger partial charge in [-0.25, -0.2) is 8.42 Å². The van der Waals surface area contributed by atoms with Gasteiger partial charge < -0.3 is 10.2 Å². The third-order valence-electron chi connectivity index (χ3n) is 2.85. The fourth-order valence-corrected chi connectivity index (χ4v) is 2.41. The molecule has 0 atom stereocenters. The zero-order chi connectivity index (χ0) is 14.5. The predicted octanol–water partition coefficient (Wildman–Crippen LogP) is 1.52. The number of benzene rings is 1. The van der Waals surface area contributed by atoms with Crippen molar-refractivity contribution in [3.63, 3.8) is 0 Å². The normalized spacial score (nSPS) is 12.3. The Bertz CT molecular complexity index is 481. The molecule has 0 aromatic heterocycles. The van der Waals surface area contributed by atoms with E-state index in [2.05, 4.69) is 31.1 Å². The first kappa shape index (κ1) is 16.1. The second-order valence-electron chi connectivity index (χ2n) is 5.26. The second kappa shape index (κ2) is 7.03. The van der Waals surface area contributed by atoms with E-state index in [0.29, 0.717) is 10.9 Å². The average Bonchev–Trinajstić information content (AvgIpc) is 2.27. The lowest BCUT2D eigenvalue weighted by atomic mass is 10.2. The van der Waals surface area contributed by atoms with E-state index in [1.807, 2.05) is 12.1 Å². The van der Waals surface area contributed by atoms with Crippen LogP contribution in [0, 0.1) is 0 Å². The van der Waals surface area contributed by atoms with Crippen molar-refractivity contribution >= 4 is 9.84 Å². The van der Waals surface area contributed by atoms with E-state index in [4.69, 9.17) is 0 Å². The van der Waals surface area contributed by atoms with Gasteiger partial charge >= 0.3 is 0 Å². The summed E-state index contributed by atoms with van der Waals surface area (Å²) >= 11 is 0. The van der Waals surface area contributed by atoms with E-state index in [0.717, 1.165) is 25.2 Å². The third-order valence-corrected chi connectivity index (χ3v) is 3.98. The summed E-state index contributed by atoms with van der Waals surface area (Å²) in [5, 5.41) is 3.37. The number of hydrogen-bond donors (Lipinski definition) is 1. The van der Waals surface area contributed by atoms with E-state index in [9.17, 15) is 8.42 Å². The molecule has 19 heavy (non-hydrogen) atoms. The van der Waals surface area contributed by atoms with E-state index in [-0.39, 0.29) is 0 Å². The molecule has 0 amide bonds. The van der Waals surface area contributed by atoms with Gasteiger partial charge in [0.1, 0.15) is 0 Å². The van der Waals surface area contributed by atoms with Gasteiger partial charge in [-0.1, -0.05) is 26.0 Å². The first-order valence-electron chi connectivity index (χ1n) is 6.50. The average molecular weight is 284 g/mol. The molecule has 0 aliphatic carbocycles. The van der Waals surface area contributed by atoms with Crippen LogP contribution in [0.5, 0.6) is 0 Å². The van der Waals surface area contributed by atoms with Crippen LogP contribution in [0.15, 0.2) is 29.2 Å². The Labute approximate surface area is 116 Å². The first-order valence-corrected chi connectivity index (χ1v) is 8.39. The topological polar surface area (TPSA) is 49.4 Å². The Kier molecular flexibility index (Phi) is 5.97. The maximum atomic E-state index is 11.4. The molecular formula is C14H24N2O2S.